The Morgan fingerprint density at radius 3 is 2.25 bits per heavy atom. The zero-order valence-corrected chi connectivity index (χ0v) is 15.9. The molecule has 0 aliphatic heterocycles. The summed E-state index contributed by atoms with van der Waals surface area (Å²) < 4.78 is 43.9. The third-order valence-corrected chi connectivity index (χ3v) is 4.40. The Bertz CT molecular complexity index is 883. The molecular formula is C20H22F3N3O2. The Morgan fingerprint density at radius 1 is 1.18 bits per heavy atom. The predicted molar refractivity (Wildman–Crippen MR) is 99.4 cm³/mol. The van der Waals surface area contributed by atoms with E-state index in [1.165, 1.54) is 0 Å². The maximum atomic E-state index is 12.8. The lowest BCUT2D eigenvalue weighted by Crippen LogP contribution is -2.42. The number of alkyl carbamates (subject to hydrolysis) is 1. The van der Waals surface area contributed by atoms with Crippen LogP contribution >= 0.6 is 0 Å². The van der Waals surface area contributed by atoms with E-state index in [0.29, 0.717) is 18.4 Å². The molecular weight excluding hydrogens is 371 g/mol. The lowest BCUT2D eigenvalue weighted by molar-refractivity contribution is -0.137. The molecule has 1 aromatic carbocycles. The number of nitrogens with one attached hydrogen (secondary N) is 1. The minimum atomic E-state index is -4.49. The number of benzene rings is 1. The number of carbonyl (C=O) groups is 1. The second-order valence-electron chi connectivity index (χ2n) is 8.00. The second kappa shape index (κ2) is 6.68. The van der Waals surface area contributed by atoms with Gasteiger partial charge in [-0.1, -0.05) is 24.3 Å². The molecule has 1 heterocycles. The first-order chi connectivity index (χ1) is 12.9. The van der Waals surface area contributed by atoms with Gasteiger partial charge in [0, 0.05) is 17.3 Å². The molecule has 0 bridgehead atoms. The van der Waals surface area contributed by atoms with E-state index in [1.807, 2.05) is 20.8 Å². The van der Waals surface area contributed by atoms with Crippen molar-refractivity contribution in [2.45, 2.75) is 50.9 Å². The first kappa shape index (κ1) is 20.0. The van der Waals surface area contributed by atoms with Crippen LogP contribution < -0.4 is 11.1 Å². The van der Waals surface area contributed by atoms with Crippen molar-refractivity contribution >= 4 is 11.8 Å². The summed E-state index contributed by atoms with van der Waals surface area (Å²) >= 11 is 0. The number of hydrogen-bond acceptors (Lipinski definition) is 4. The number of rotatable bonds is 3. The van der Waals surface area contributed by atoms with Crippen molar-refractivity contribution in [3.8, 4) is 11.3 Å². The van der Waals surface area contributed by atoms with Gasteiger partial charge >= 0.3 is 12.3 Å². The van der Waals surface area contributed by atoms with E-state index in [0.717, 1.165) is 17.8 Å². The van der Waals surface area contributed by atoms with Crippen LogP contribution in [-0.4, -0.2) is 16.6 Å². The molecule has 1 amide bonds. The number of carbonyl (C=O) groups excluding carboxylic acids is 1. The van der Waals surface area contributed by atoms with E-state index in [1.54, 1.807) is 24.3 Å². The molecule has 5 nitrogen and oxygen atoms in total. The summed E-state index contributed by atoms with van der Waals surface area (Å²) in [5.41, 5.74) is 5.46. The molecule has 1 aliphatic rings. The van der Waals surface area contributed by atoms with Crippen molar-refractivity contribution in [1.82, 2.24) is 10.3 Å². The van der Waals surface area contributed by atoms with Gasteiger partial charge in [-0.25, -0.2) is 4.79 Å². The Balaban J connectivity index is 1.78. The van der Waals surface area contributed by atoms with Crippen LogP contribution in [0.1, 0.15) is 44.7 Å². The highest BCUT2D eigenvalue weighted by molar-refractivity contribution is 5.73. The molecule has 28 heavy (non-hydrogen) atoms. The van der Waals surface area contributed by atoms with Crippen molar-refractivity contribution in [2.24, 2.45) is 0 Å². The van der Waals surface area contributed by atoms with Crippen LogP contribution in [0.3, 0.4) is 0 Å². The Labute approximate surface area is 161 Å². The smallest absolute Gasteiger partial charge is 0.417 e. The van der Waals surface area contributed by atoms with Gasteiger partial charge in [0.05, 0.1) is 16.9 Å². The fourth-order valence-corrected chi connectivity index (χ4v) is 2.88. The molecule has 0 saturated heterocycles. The first-order valence-electron chi connectivity index (χ1n) is 8.84. The number of anilines is 1. The number of nitrogens with zero attached hydrogens (tertiary/aromatic N) is 1. The molecule has 1 aliphatic carbocycles. The normalized spacial score (nSPS) is 15.8. The number of pyridine rings is 1. The topological polar surface area (TPSA) is 77.2 Å². The van der Waals surface area contributed by atoms with Crippen LogP contribution in [0.5, 0.6) is 0 Å². The predicted octanol–water partition coefficient (Wildman–Crippen LogP) is 4.86. The summed E-state index contributed by atoms with van der Waals surface area (Å²) in [5, 5.41) is 2.77. The van der Waals surface area contributed by atoms with Crippen LogP contribution in [-0.2, 0) is 16.5 Å². The highest BCUT2D eigenvalue weighted by Gasteiger charge is 2.49. The number of ether oxygens (including phenoxy) is 1. The highest BCUT2D eigenvalue weighted by atomic mass is 19.4. The highest BCUT2D eigenvalue weighted by Crippen LogP contribution is 2.49. The van der Waals surface area contributed by atoms with Crippen molar-refractivity contribution < 1.29 is 22.7 Å². The van der Waals surface area contributed by atoms with E-state index < -0.39 is 29.0 Å². The van der Waals surface area contributed by atoms with Gasteiger partial charge in [-0.05, 0) is 45.2 Å². The summed E-state index contributed by atoms with van der Waals surface area (Å²) in [4.78, 5) is 16.0. The Morgan fingerprint density at radius 2 is 1.79 bits per heavy atom. The SMILES string of the molecule is CC(C)(C)NC(=O)OC1(c2ccc(-c3ncc(C(F)(F)F)cc3N)cc2)CC1. The van der Waals surface area contributed by atoms with Crippen LogP contribution in [0.4, 0.5) is 23.7 Å². The van der Waals surface area contributed by atoms with Crippen molar-refractivity contribution in [3.63, 3.8) is 0 Å². The van der Waals surface area contributed by atoms with Crippen LogP contribution in [0, 0.1) is 0 Å². The van der Waals surface area contributed by atoms with Gasteiger partial charge in [0.1, 0.15) is 5.60 Å². The van der Waals surface area contributed by atoms with E-state index in [2.05, 4.69) is 10.3 Å². The summed E-state index contributed by atoms with van der Waals surface area (Å²) in [7, 11) is 0. The van der Waals surface area contributed by atoms with E-state index in [-0.39, 0.29) is 11.4 Å². The fraction of sp³-hybridized carbons (Fsp3) is 0.400. The molecule has 0 spiro atoms. The number of hydrogen-bond donors (Lipinski definition) is 2. The number of aromatic nitrogens is 1. The third-order valence-electron chi connectivity index (χ3n) is 4.40. The molecule has 150 valence electrons. The average Bonchev–Trinajstić information content (AvgIpc) is 3.33. The average molecular weight is 393 g/mol. The van der Waals surface area contributed by atoms with Crippen LogP contribution in [0.2, 0.25) is 0 Å². The zero-order valence-electron chi connectivity index (χ0n) is 15.9. The second-order valence-corrected chi connectivity index (χ2v) is 8.00. The lowest BCUT2D eigenvalue weighted by atomic mass is 10.0. The summed E-state index contributed by atoms with van der Waals surface area (Å²) in [6.45, 7) is 5.60. The monoisotopic (exact) mass is 393 g/mol. The first-order valence-corrected chi connectivity index (χ1v) is 8.84. The van der Waals surface area contributed by atoms with Gasteiger partial charge in [0.2, 0.25) is 0 Å². The molecule has 3 rings (SSSR count). The zero-order chi connectivity index (χ0) is 20.7. The van der Waals surface area contributed by atoms with Gasteiger partial charge < -0.3 is 15.8 Å². The van der Waals surface area contributed by atoms with E-state index in [4.69, 9.17) is 10.5 Å². The molecule has 0 unspecified atom stereocenters. The molecule has 2 aromatic rings. The van der Waals surface area contributed by atoms with Crippen molar-refractivity contribution in [2.75, 3.05) is 5.73 Å². The molecule has 1 fully saturated rings. The summed E-state index contributed by atoms with van der Waals surface area (Å²) in [6, 6.07) is 7.87. The number of nitrogens with two attached hydrogens (primary N) is 1. The molecule has 1 saturated carbocycles. The Kier molecular flexibility index (Phi) is 4.77. The standard InChI is InChI=1S/C20H22F3N3O2/c1-18(2,3)26-17(27)28-19(8-9-19)13-6-4-12(5-7-13)16-15(24)10-14(11-25-16)20(21,22)23/h4-7,10-11H,8-9,24H2,1-3H3,(H,26,27). The lowest BCUT2D eigenvalue weighted by Gasteiger charge is -2.24. The van der Waals surface area contributed by atoms with Gasteiger partial charge in [-0.2, -0.15) is 13.2 Å². The van der Waals surface area contributed by atoms with Crippen molar-refractivity contribution in [3.05, 3.63) is 47.7 Å². The maximum Gasteiger partial charge on any atom is 0.417 e. The maximum absolute atomic E-state index is 12.8. The number of amides is 1. The Hall–Kier alpha value is -2.77. The minimum Gasteiger partial charge on any atom is -0.438 e. The number of nitrogen functional groups attached to an aromatic ring is 1. The summed E-state index contributed by atoms with van der Waals surface area (Å²) in [5.74, 6) is 0. The van der Waals surface area contributed by atoms with Crippen molar-refractivity contribution in [1.29, 1.82) is 0 Å². The van der Waals surface area contributed by atoms with Gasteiger partial charge in [-0.15, -0.1) is 0 Å². The van der Waals surface area contributed by atoms with Crippen LogP contribution in [0.25, 0.3) is 11.3 Å². The quantitative estimate of drug-likeness (QED) is 0.780. The van der Waals surface area contributed by atoms with Gasteiger partial charge in [0.25, 0.3) is 0 Å². The molecule has 3 N–H and O–H groups in total. The largest absolute Gasteiger partial charge is 0.438 e. The molecule has 0 atom stereocenters. The minimum absolute atomic E-state index is 0.0514. The van der Waals surface area contributed by atoms with E-state index >= 15 is 0 Å². The third kappa shape index (κ3) is 4.37. The van der Waals surface area contributed by atoms with Gasteiger partial charge in [-0.3, -0.25) is 4.98 Å². The number of alkyl halides is 3. The molecule has 8 heteroatoms. The molecule has 1 aromatic heterocycles. The van der Waals surface area contributed by atoms with Gasteiger partial charge in [0.15, 0.2) is 0 Å². The molecule has 0 radical (unpaired) electrons. The van der Waals surface area contributed by atoms with Crippen LogP contribution in [0.15, 0.2) is 36.5 Å². The summed E-state index contributed by atoms with van der Waals surface area (Å²) in [6.07, 6.45) is -2.79. The van der Waals surface area contributed by atoms with E-state index in [9.17, 15) is 18.0 Å². The number of halogens is 3. The fourth-order valence-electron chi connectivity index (χ4n) is 2.88.